The average molecular weight is 824 g/mol. The zero-order valence-corrected chi connectivity index (χ0v) is 35.8. The summed E-state index contributed by atoms with van der Waals surface area (Å²) >= 11 is 0. The third-order valence-corrected chi connectivity index (χ3v) is 16.3. The fraction of sp³-hybridized carbons (Fsp3) is 0.0492. The van der Waals surface area contributed by atoms with Gasteiger partial charge < -0.3 is 4.57 Å². The summed E-state index contributed by atoms with van der Waals surface area (Å²) in [5, 5.41) is 1.28. The van der Waals surface area contributed by atoms with Crippen molar-refractivity contribution in [1.29, 1.82) is 0 Å². The molecule has 0 saturated heterocycles. The standard InChI is InChI=1S/C61H45NS/c1-2-8-28-47(27-7-1)57-43-54(44-58(48-29-13-5-14-30-48)61(57)62-59-39-19-17-37-55(59)56-38-18-20-40-60(56)62)63(51-33-15-6-16-34-51,52-35-21-31-49(41-52)45-23-9-3-10-24-45)53-36-22-32-50(42-53)46-25-11-4-12-26-46/h1,3-7,9-19,21-27,29-39,41-44H,20,28,40H2. The molecule has 11 rings (SSSR count). The van der Waals surface area contributed by atoms with Crippen molar-refractivity contribution in [3.63, 3.8) is 0 Å². The number of nitrogens with zero attached hydrogens (tertiary/aromatic N) is 1. The van der Waals surface area contributed by atoms with Gasteiger partial charge in [-0.25, -0.2) is 0 Å². The predicted molar refractivity (Wildman–Crippen MR) is 266 cm³/mol. The van der Waals surface area contributed by atoms with E-state index in [4.69, 9.17) is 0 Å². The number of para-hydroxylation sites is 1. The number of allylic oxidation sites excluding steroid dienone is 5. The van der Waals surface area contributed by atoms with E-state index >= 15 is 0 Å². The summed E-state index contributed by atoms with van der Waals surface area (Å²) in [5.74, 6) is 6.81. The maximum absolute atomic E-state index is 3.51. The molecule has 8 aromatic carbocycles. The first-order valence-corrected chi connectivity index (χ1v) is 23.5. The third-order valence-electron chi connectivity index (χ3n) is 12.5. The minimum Gasteiger partial charge on any atom is -0.312 e. The number of rotatable bonds is 9. The van der Waals surface area contributed by atoms with Gasteiger partial charge >= 0.3 is 0 Å². The molecular weight excluding hydrogens is 779 g/mol. The summed E-state index contributed by atoms with van der Waals surface area (Å²) in [4.78, 5) is 5.11. The Morgan fingerprint density at radius 2 is 1.03 bits per heavy atom. The molecule has 0 spiro atoms. The van der Waals surface area contributed by atoms with Gasteiger partial charge in [0.25, 0.3) is 0 Å². The van der Waals surface area contributed by atoms with Gasteiger partial charge in [-0.2, -0.15) is 0 Å². The van der Waals surface area contributed by atoms with Crippen LogP contribution >= 0.6 is 10.0 Å². The molecule has 63 heavy (non-hydrogen) atoms. The van der Waals surface area contributed by atoms with E-state index in [1.165, 1.54) is 91.9 Å². The Bertz CT molecular complexity index is 3200. The summed E-state index contributed by atoms with van der Waals surface area (Å²) in [5.41, 5.74) is 14.7. The highest BCUT2D eigenvalue weighted by atomic mass is 32.3. The number of aromatic nitrogens is 1. The maximum Gasteiger partial charge on any atom is 0.0613 e. The molecule has 0 aliphatic heterocycles. The summed E-state index contributed by atoms with van der Waals surface area (Å²) in [6, 6.07) is 76.8. The first-order valence-electron chi connectivity index (χ1n) is 21.8. The Balaban J connectivity index is 1.32. The van der Waals surface area contributed by atoms with Crippen LogP contribution in [0.4, 0.5) is 0 Å². The van der Waals surface area contributed by atoms with Gasteiger partial charge in [0, 0.05) is 53.8 Å². The van der Waals surface area contributed by atoms with Gasteiger partial charge in [-0.3, -0.25) is 0 Å². The molecule has 300 valence electrons. The Labute approximate surface area is 372 Å². The summed E-state index contributed by atoms with van der Waals surface area (Å²) < 4.78 is 2.60. The van der Waals surface area contributed by atoms with Gasteiger partial charge in [0.15, 0.2) is 0 Å². The Hall–Kier alpha value is -7.57. The van der Waals surface area contributed by atoms with Crippen LogP contribution in [0.1, 0.15) is 29.7 Å². The zero-order valence-electron chi connectivity index (χ0n) is 35.0. The van der Waals surface area contributed by atoms with E-state index in [1.54, 1.807) is 0 Å². The lowest BCUT2D eigenvalue weighted by molar-refractivity contribution is 0.887. The van der Waals surface area contributed by atoms with Crippen molar-refractivity contribution in [2.45, 2.75) is 38.8 Å². The van der Waals surface area contributed by atoms with Crippen LogP contribution in [-0.2, 0) is 6.42 Å². The average Bonchev–Trinajstić information content (AvgIpc) is 3.47. The van der Waals surface area contributed by atoms with Crippen LogP contribution in [0.3, 0.4) is 0 Å². The van der Waals surface area contributed by atoms with E-state index in [-0.39, 0.29) is 0 Å². The van der Waals surface area contributed by atoms with Crippen LogP contribution in [0, 0.1) is 11.8 Å². The van der Waals surface area contributed by atoms with Gasteiger partial charge in [-0.15, -0.1) is 10.0 Å². The normalized spacial score (nSPS) is 13.4. The molecule has 2 aliphatic rings. The molecule has 0 unspecified atom stereocenters. The van der Waals surface area contributed by atoms with Crippen molar-refractivity contribution in [2.24, 2.45) is 0 Å². The lowest BCUT2D eigenvalue weighted by Crippen LogP contribution is -2.11. The van der Waals surface area contributed by atoms with Gasteiger partial charge in [-0.05, 0) is 107 Å². The van der Waals surface area contributed by atoms with E-state index in [2.05, 4.69) is 247 Å². The van der Waals surface area contributed by atoms with Crippen LogP contribution in [0.2, 0.25) is 0 Å². The van der Waals surface area contributed by atoms with Gasteiger partial charge in [0.2, 0.25) is 0 Å². The highest BCUT2D eigenvalue weighted by Crippen LogP contribution is 2.74. The number of benzene rings is 8. The van der Waals surface area contributed by atoms with Crippen molar-refractivity contribution in [1.82, 2.24) is 4.57 Å². The topological polar surface area (TPSA) is 4.93 Å². The highest BCUT2D eigenvalue weighted by molar-refractivity contribution is 8.34. The number of fused-ring (bicyclic) bond motifs is 3. The molecule has 1 heterocycles. The minimum atomic E-state index is -2.22. The first-order chi connectivity index (χ1) is 31.3. The molecule has 0 N–H and O–H groups in total. The predicted octanol–water partition coefficient (Wildman–Crippen LogP) is 16.3. The first kappa shape index (κ1) is 38.4. The molecule has 2 aliphatic carbocycles. The van der Waals surface area contributed by atoms with Crippen molar-refractivity contribution >= 4 is 32.6 Å². The molecule has 0 amide bonds. The zero-order chi connectivity index (χ0) is 42.0. The smallest absolute Gasteiger partial charge is 0.0613 e. The molecule has 1 nitrogen and oxygen atoms in total. The van der Waals surface area contributed by atoms with E-state index in [1.807, 2.05) is 6.08 Å². The summed E-state index contributed by atoms with van der Waals surface area (Å²) in [6.07, 6.45) is 13.7. The van der Waals surface area contributed by atoms with Gasteiger partial charge in [-0.1, -0.05) is 188 Å². The number of hydrogen-bond donors (Lipinski definition) is 0. The third kappa shape index (κ3) is 6.88. The minimum absolute atomic E-state index is 0.639. The van der Waals surface area contributed by atoms with Crippen LogP contribution in [0.25, 0.3) is 61.6 Å². The fourth-order valence-electron chi connectivity index (χ4n) is 9.63. The molecule has 2 heteroatoms. The van der Waals surface area contributed by atoms with Crippen LogP contribution in [-0.4, -0.2) is 4.57 Å². The van der Waals surface area contributed by atoms with E-state index < -0.39 is 10.0 Å². The molecular formula is C61H45NS. The Kier molecular flexibility index (Phi) is 10.2. The fourth-order valence-corrected chi connectivity index (χ4v) is 13.6. The molecule has 0 radical (unpaired) electrons. The molecule has 0 bridgehead atoms. The lowest BCUT2D eigenvalue weighted by atomic mass is 9.93. The molecule has 1 aromatic heterocycles. The van der Waals surface area contributed by atoms with E-state index in [0.29, 0.717) is 6.42 Å². The number of hydrogen-bond acceptors (Lipinski definition) is 0. The van der Waals surface area contributed by atoms with Crippen molar-refractivity contribution in [3.05, 3.63) is 247 Å². The SMILES string of the molecule is C1#CCC(c2cc(S(c3ccccc3)(c3cccc(-c4ccccc4)c3)c3cccc(-c4ccccc4)c3)cc(-c3ccccc3)c2-n2c3c(c4ccccc42)C=CCC3)=CC=C1. The van der Waals surface area contributed by atoms with Crippen molar-refractivity contribution in [2.75, 3.05) is 0 Å². The monoisotopic (exact) mass is 823 g/mol. The van der Waals surface area contributed by atoms with Crippen LogP contribution in [0.5, 0.6) is 0 Å². The maximum atomic E-state index is 3.51. The Morgan fingerprint density at radius 3 is 1.70 bits per heavy atom. The summed E-state index contributed by atoms with van der Waals surface area (Å²) in [6.45, 7) is 0. The van der Waals surface area contributed by atoms with Crippen LogP contribution < -0.4 is 0 Å². The summed E-state index contributed by atoms with van der Waals surface area (Å²) in [7, 11) is -2.22. The van der Waals surface area contributed by atoms with E-state index in [9.17, 15) is 0 Å². The molecule has 0 fully saturated rings. The second-order valence-corrected chi connectivity index (χ2v) is 19.3. The quantitative estimate of drug-likeness (QED) is 0.128. The van der Waals surface area contributed by atoms with Crippen LogP contribution in [0.15, 0.2) is 250 Å². The molecule has 9 aromatic rings. The Morgan fingerprint density at radius 1 is 0.476 bits per heavy atom. The van der Waals surface area contributed by atoms with Crippen molar-refractivity contribution in [3.8, 4) is 50.9 Å². The lowest BCUT2D eigenvalue weighted by Gasteiger charge is -2.43. The van der Waals surface area contributed by atoms with Gasteiger partial charge in [0.1, 0.15) is 0 Å². The highest BCUT2D eigenvalue weighted by Gasteiger charge is 2.36. The van der Waals surface area contributed by atoms with Gasteiger partial charge in [0.05, 0.1) is 11.2 Å². The molecule has 0 atom stereocenters. The molecule has 0 saturated carbocycles. The second-order valence-electron chi connectivity index (χ2n) is 16.1. The van der Waals surface area contributed by atoms with E-state index in [0.717, 1.165) is 12.8 Å². The second kappa shape index (κ2) is 16.7. The largest absolute Gasteiger partial charge is 0.312 e. The van der Waals surface area contributed by atoms with Crippen molar-refractivity contribution < 1.29 is 0 Å².